The molecule has 1 fully saturated rings. The summed E-state index contributed by atoms with van der Waals surface area (Å²) in [5, 5.41) is 19.8. The van der Waals surface area contributed by atoms with Gasteiger partial charge in [-0.3, -0.25) is 24.3 Å². The average Bonchev–Trinajstić information content (AvgIpc) is 2.47. The van der Waals surface area contributed by atoms with Gasteiger partial charge in [0.15, 0.2) is 0 Å². The van der Waals surface area contributed by atoms with E-state index in [0.717, 1.165) is 16.8 Å². The zero-order valence-electron chi connectivity index (χ0n) is 12.8. The number of nitro groups is 1. The molecule has 1 aromatic rings. The lowest BCUT2D eigenvalue weighted by Crippen LogP contribution is -2.49. The van der Waals surface area contributed by atoms with Gasteiger partial charge in [0.1, 0.15) is 18.2 Å². The van der Waals surface area contributed by atoms with Crippen LogP contribution in [-0.2, 0) is 16.1 Å². The number of hydrogen-bond donors (Lipinski definition) is 0. The van der Waals surface area contributed by atoms with Crippen LogP contribution in [0.1, 0.15) is 19.4 Å². The molecule has 0 N–H and O–H groups in total. The number of nitrogens with zero attached hydrogens (tertiary/aromatic N) is 4. The van der Waals surface area contributed by atoms with Crippen LogP contribution in [0.15, 0.2) is 17.1 Å². The number of ether oxygens (including phenoxy) is 1. The second-order valence-electron chi connectivity index (χ2n) is 5.47. The minimum atomic E-state index is -0.721. The van der Waals surface area contributed by atoms with E-state index in [0.29, 0.717) is 13.1 Å². The van der Waals surface area contributed by atoms with Gasteiger partial charge in [-0.15, -0.1) is 0 Å². The first-order valence-corrected chi connectivity index (χ1v) is 7.04. The van der Waals surface area contributed by atoms with Crippen molar-refractivity contribution in [2.45, 2.75) is 32.6 Å². The van der Waals surface area contributed by atoms with Crippen LogP contribution in [0.5, 0.6) is 0 Å². The Balaban J connectivity index is 2.27. The molecule has 0 unspecified atom stereocenters. The standard InChI is InChI=1S/C14H16N4O5/c1-9-5-16(6-10(2)23-9)13(19)8-17-7-12(18(21)22)3-11(4-15)14(17)20/h3,7,9-10H,5-6,8H2,1-2H3/t9-,10-/m1/s1. The first-order chi connectivity index (χ1) is 10.8. The van der Waals surface area contributed by atoms with Gasteiger partial charge in [-0.25, -0.2) is 0 Å². The van der Waals surface area contributed by atoms with Gasteiger partial charge in [0.05, 0.1) is 23.3 Å². The third-order valence-electron chi connectivity index (χ3n) is 3.48. The number of carbonyl (C=O) groups is 1. The van der Waals surface area contributed by atoms with E-state index >= 15 is 0 Å². The number of pyridine rings is 1. The molecule has 0 bridgehead atoms. The molecule has 0 aromatic carbocycles. The molecule has 122 valence electrons. The van der Waals surface area contributed by atoms with E-state index in [1.165, 1.54) is 0 Å². The molecular weight excluding hydrogens is 304 g/mol. The van der Waals surface area contributed by atoms with Crippen LogP contribution < -0.4 is 5.56 Å². The summed E-state index contributed by atoms with van der Waals surface area (Å²) in [6, 6.07) is 2.52. The quantitative estimate of drug-likeness (QED) is 0.582. The number of hydrogen-bond acceptors (Lipinski definition) is 6. The molecule has 1 aromatic heterocycles. The second kappa shape index (κ2) is 6.58. The van der Waals surface area contributed by atoms with Crippen LogP contribution in [-0.4, -0.2) is 45.6 Å². The van der Waals surface area contributed by atoms with Crippen molar-refractivity contribution >= 4 is 11.6 Å². The highest BCUT2D eigenvalue weighted by Crippen LogP contribution is 2.13. The normalized spacial score (nSPS) is 20.8. The molecule has 9 heteroatoms. The van der Waals surface area contributed by atoms with Crippen molar-refractivity contribution in [1.82, 2.24) is 9.47 Å². The Labute approximate surface area is 131 Å². The maximum absolute atomic E-state index is 12.3. The van der Waals surface area contributed by atoms with Crippen LogP contribution in [0.4, 0.5) is 5.69 Å². The molecule has 1 aliphatic heterocycles. The third-order valence-corrected chi connectivity index (χ3v) is 3.48. The first kappa shape index (κ1) is 16.6. The second-order valence-corrected chi connectivity index (χ2v) is 5.47. The molecule has 0 spiro atoms. The Morgan fingerprint density at radius 3 is 2.61 bits per heavy atom. The fourth-order valence-electron chi connectivity index (χ4n) is 2.54. The molecule has 1 saturated heterocycles. The molecule has 9 nitrogen and oxygen atoms in total. The predicted octanol–water partition coefficient (Wildman–Crippen LogP) is 0.264. The molecule has 0 saturated carbocycles. The summed E-state index contributed by atoms with van der Waals surface area (Å²) in [7, 11) is 0. The summed E-state index contributed by atoms with van der Waals surface area (Å²) in [4.78, 5) is 36.1. The lowest BCUT2D eigenvalue weighted by molar-refractivity contribution is -0.385. The molecule has 0 radical (unpaired) electrons. The zero-order valence-corrected chi connectivity index (χ0v) is 12.8. The molecular formula is C14H16N4O5. The van der Waals surface area contributed by atoms with Gasteiger partial charge in [0, 0.05) is 19.2 Å². The third kappa shape index (κ3) is 3.73. The summed E-state index contributed by atoms with van der Waals surface area (Å²) in [6.07, 6.45) is 0.729. The fraction of sp³-hybridized carbons (Fsp3) is 0.500. The van der Waals surface area contributed by atoms with Gasteiger partial charge in [-0.05, 0) is 13.8 Å². The van der Waals surface area contributed by atoms with Crippen molar-refractivity contribution in [3.8, 4) is 6.07 Å². The molecule has 2 rings (SSSR count). The summed E-state index contributed by atoms with van der Waals surface area (Å²) < 4.78 is 6.44. The van der Waals surface area contributed by atoms with Crippen molar-refractivity contribution < 1.29 is 14.5 Å². The molecule has 0 aliphatic carbocycles. The number of amides is 1. The lowest BCUT2D eigenvalue weighted by atomic mass is 10.2. The van der Waals surface area contributed by atoms with Crippen LogP contribution in [0.2, 0.25) is 0 Å². The lowest BCUT2D eigenvalue weighted by Gasteiger charge is -2.35. The number of aromatic nitrogens is 1. The van der Waals surface area contributed by atoms with Gasteiger partial charge < -0.3 is 9.64 Å². The predicted molar refractivity (Wildman–Crippen MR) is 78.7 cm³/mol. The van der Waals surface area contributed by atoms with Crippen molar-refractivity contribution in [3.05, 3.63) is 38.3 Å². The maximum atomic E-state index is 12.3. The Morgan fingerprint density at radius 1 is 1.48 bits per heavy atom. The van der Waals surface area contributed by atoms with Crippen molar-refractivity contribution in [2.24, 2.45) is 0 Å². The van der Waals surface area contributed by atoms with Crippen LogP contribution in [0.3, 0.4) is 0 Å². The minimum Gasteiger partial charge on any atom is -0.372 e. The highest BCUT2D eigenvalue weighted by atomic mass is 16.6. The summed E-state index contributed by atoms with van der Waals surface area (Å²) in [6.45, 7) is 4.09. The van der Waals surface area contributed by atoms with E-state index in [-0.39, 0.29) is 30.2 Å². The van der Waals surface area contributed by atoms with Crippen LogP contribution >= 0.6 is 0 Å². The topological polar surface area (TPSA) is 118 Å². The minimum absolute atomic E-state index is 0.126. The molecule has 23 heavy (non-hydrogen) atoms. The number of morpholine rings is 1. The van der Waals surface area contributed by atoms with Gasteiger partial charge in [0.25, 0.3) is 11.2 Å². The number of nitriles is 1. The maximum Gasteiger partial charge on any atom is 0.287 e. The molecule has 1 aliphatic rings. The number of rotatable bonds is 3. The summed E-state index contributed by atoms with van der Waals surface area (Å²) >= 11 is 0. The Kier molecular flexibility index (Phi) is 4.76. The van der Waals surface area contributed by atoms with E-state index in [1.54, 1.807) is 11.0 Å². The molecule has 2 heterocycles. The van der Waals surface area contributed by atoms with Gasteiger partial charge in [0.2, 0.25) is 5.91 Å². The molecule has 2 atom stereocenters. The number of carbonyl (C=O) groups excluding carboxylic acids is 1. The van der Waals surface area contributed by atoms with Crippen molar-refractivity contribution in [3.63, 3.8) is 0 Å². The van der Waals surface area contributed by atoms with Crippen molar-refractivity contribution in [2.75, 3.05) is 13.1 Å². The summed E-state index contributed by atoms with van der Waals surface area (Å²) in [5.41, 5.74) is -1.49. The van der Waals surface area contributed by atoms with E-state index in [4.69, 9.17) is 10.00 Å². The highest BCUT2D eigenvalue weighted by Gasteiger charge is 2.26. The SMILES string of the molecule is C[C@@H]1CN(C(=O)Cn2cc([N+](=O)[O-])cc(C#N)c2=O)C[C@@H](C)O1. The van der Waals surface area contributed by atoms with E-state index in [1.807, 2.05) is 13.8 Å². The Bertz CT molecular complexity index is 726. The molecule has 1 amide bonds. The van der Waals surface area contributed by atoms with Gasteiger partial charge in [-0.2, -0.15) is 5.26 Å². The van der Waals surface area contributed by atoms with Gasteiger partial charge in [-0.1, -0.05) is 0 Å². The van der Waals surface area contributed by atoms with E-state index < -0.39 is 16.2 Å². The van der Waals surface area contributed by atoms with Gasteiger partial charge >= 0.3 is 0 Å². The van der Waals surface area contributed by atoms with E-state index in [9.17, 15) is 19.7 Å². The highest BCUT2D eigenvalue weighted by molar-refractivity contribution is 5.76. The Morgan fingerprint density at radius 2 is 2.09 bits per heavy atom. The monoisotopic (exact) mass is 320 g/mol. The average molecular weight is 320 g/mol. The van der Waals surface area contributed by atoms with Crippen LogP contribution in [0, 0.1) is 21.4 Å². The largest absolute Gasteiger partial charge is 0.372 e. The fourth-order valence-corrected chi connectivity index (χ4v) is 2.54. The zero-order chi connectivity index (χ0) is 17.1. The summed E-state index contributed by atoms with van der Waals surface area (Å²) in [5.74, 6) is -0.349. The van der Waals surface area contributed by atoms with E-state index in [2.05, 4.69) is 0 Å². The van der Waals surface area contributed by atoms with Crippen molar-refractivity contribution in [1.29, 1.82) is 5.26 Å². The smallest absolute Gasteiger partial charge is 0.287 e. The Hall–Kier alpha value is -2.73. The first-order valence-electron chi connectivity index (χ1n) is 7.04. The van der Waals surface area contributed by atoms with Crippen LogP contribution in [0.25, 0.3) is 0 Å².